The Bertz CT molecular complexity index is 2090. The number of aromatic amines is 1. The molecule has 0 radical (unpaired) electrons. The highest BCUT2D eigenvalue weighted by Crippen LogP contribution is 2.36. The number of nitrogens with zero attached hydrogens (tertiary/aromatic N) is 11. The van der Waals surface area contributed by atoms with Gasteiger partial charge in [0.1, 0.15) is 22.2 Å². The number of H-pyrrole nitrogens is 1. The summed E-state index contributed by atoms with van der Waals surface area (Å²) < 4.78 is 7.90. The predicted molar refractivity (Wildman–Crippen MR) is 196 cm³/mol. The van der Waals surface area contributed by atoms with Gasteiger partial charge < -0.3 is 19.5 Å². The molecule has 0 saturated carbocycles. The fraction of sp³-hybridized carbons (Fsp3) is 0.429. The van der Waals surface area contributed by atoms with Gasteiger partial charge in [0.25, 0.3) is 0 Å². The van der Waals surface area contributed by atoms with Crippen molar-refractivity contribution in [3.8, 4) is 23.0 Å². The van der Waals surface area contributed by atoms with E-state index in [-0.39, 0.29) is 18.4 Å². The maximum atomic E-state index is 12.2. The third-order valence-electron chi connectivity index (χ3n) is 10.1. The Labute approximate surface area is 305 Å². The number of imidazole rings is 1. The maximum absolute atomic E-state index is 12.2. The molecule has 5 aromatic heterocycles. The lowest BCUT2D eigenvalue weighted by Gasteiger charge is -2.42. The summed E-state index contributed by atoms with van der Waals surface area (Å²) in [6.07, 6.45) is 7.75. The highest BCUT2D eigenvalue weighted by atomic mass is 35.5. The molecule has 8 rings (SSSR count). The molecule has 0 spiro atoms. The third kappa shape index (κ3) is 6.82. The molecule has 270 valence electrons. The van der Waals surface area contributed by atoms with Crippen LogP contribution in [-0.4, -0.2) is 109 Å². The Morgan fingerprint density at radius 3 is 2.50 bits per heavy atom. The molecule has 0 aliphatic carbocycles. The summed E-state index contributed by atoms with van der Waals surface area (Å²) in [6.45, 7) is 10.3. The highest BCUT2D eigenvalue weighted by Gasteiger charge is 2.29. The van der Waals surface area contributed by atoms with Crippen LogP contribution in [0.25, 0.3) is 22.6 Å². The molecule has 16 nitrogen and oxygen atoms in total. The molecule has 8 heterocycles. The number of ether oxygens (including phenoxy) is 1. The molecular formula is C35H40ClN13O3. The number of piperidine rings is 1. The summed E-state index contributed by atoms with van der Waals surface area (Å²) in [4.78, 5) is 49.2. The Morgan fingerprint density at radius 2 is 1.81 bits per heavy atom. The van der Waals surface area contributed by atoms with Crippen LogP contribution in [0.1, 0.15) is 31.9 Å². The lowest BCUT2D eigenvalue weighted by molar-refractivity contribution is -0.120. The van der Waals surface area contributed by atoms with E-state index in [1.807, 2.05) is 50.6 Å². The number of amides is 3. The normalized spacial score (nSPS) is 19.1. The van der Waals surface area contributed by atoms with Gasteiger partial charge in [-0.15, -0.1) is 10.2 Å². The van der Waals surface area contributed by atoms with Gasteiger partial charge in [-0.2, -0.15) is 5.10 Å². The first-order chi connectivity index (χ1) is 25.2. The molecule has 5 aromatic rings. The Morgan fingerprint density at radius 1 is 0.981 bits per heavy atom. The number of aromatic nitrogens is 8. The number of fused-ring (bicyclic) bond motifs is 1. The zero-order valence-corrected chi connectivity index (χ0v) is 30.0. The number of nitrogens with one attached hydrogen (secondary N) is 2. The van der Waals surface area contributed by atoms with Crippen molar-refractivity contribution >= 4 is 52.0 Å². The van der Waals surface area contributed by atoms with Crippen LogP contribution in [-0.2, 0) is 11.8 Å². The molecule has 0 unspecified atom stereocenters. The first-order valence-corrected chi connectivity index (χ1v) is 17.9. The highest BCUT2D eigenvalue weighted by molar-refractivity contribution is 6.32. The van der Waals surface area contributed by atoms with E-state index in [2.05, 4.69) is 62.2 Å². The fourth-order valence-electron chi connectivity index (χ4n) is 7.38. The number of hydrogen-bond acceptors (Lipinski definition) is 12. The Balaban J connectivity index is 0.836. The number of carbonyl (C=O) groups excluding carboxylic acids is 2. The first kappa shape index (κ1) is 33.8. The average molecular weight is 726 g/mol. The molecule has 3 aliphatic rings. The van der Waals surface area contributed by atoms with Gasteiger partial charge in [-0.05, 0) is 50.8 Å². The van der Waals surface area contributed by atoms with Crippen LogP contribution >= 0.6 is 11.6 Å². The number of imide groups is 1. The van der Waals surface area contributed by atoms with Crippen molar-refractivity contribution < 1.29 is 14.3 Å². The zero-order valence-electron chi connectivity index (χ0n) is 29.3. The molecule has 1 atom stereocenters. The number of aryl methyl sites for hydroxylation is 2. The summed E-state index contributed by atoms with van der Waals surface area (Å²) in [5.41, 5.74) is 3.82. The van der Waals surface area contributed by atoms with Crippen LogP contribution in [0.3, 0.4) is 0 Å². The van der Waals surface area contributed by atoms with Crippen LogP contribution in [0.4, 0.5) is 22.1 Å². The summed E-state index contributed by atoms with van der Waals surface area (Å²) in [6, 6.07) is 7.49. The Hall–Kier alpha value is -5.35. The van der Waals surface area contributed by atoms with Gasteiger partial charge in [0, 0.05) is 77.6 Å². The molecule has 3 saturated heterocycles. The number of hydrogen-bond donors (Lipinski definition) is 2. The molecular weight excluding hydrogens is 686 g/mol. The van der Waals surface area contributed by atoms with Crippen molar-refractivity contribution in [3.05, 3.63) is 53.6 Å². The molecule has 0 bridgehead atoms. The third-order valence-corrected chi connectivity index (χ3v) is 10.4. The van der Waals surface area contributed by atoms with Crippen LogP contribution < -0.4 is 24.8 Å². The average Bonchev–Trinajstić information content (AvgIpc) is 3.72. The topological polar surface area (TPSA) is 166 Å². The minimum atomic E-state index is -0.418. The molecule has 52 heavy (non-hydrogen) atoms. The van der Waals surface area contributed by atoms with E-state index in [9.17, 15) is 9.59 Å². The minimum absolute atomic E-state index is 0.250. The van der Waals surface area contributed by atoms with E-state index < -0.39 is 6.03 Å². The van der Waals surface area contributed by atoms with Crippen molar-refractivity contribution in [2.45, 2.75) is 39.2 Å². The second-order valence-corrected chi connectivity index (χ2v) is 14.1. The number of pyridine rings is 2. The van der Waals surface area contributed by atoms with Crippen molar-refractivity contribution in [2.24, 2.45) is 13.0 Å². The van der Waals surface area contributed by atoms with Crippen LogP contribution in [0, 0.1) is 12.8 Å². The zero-order chi connectivity index (χ0) is 35.9. The lowest BCUT2D eigenvalue weighted by Crippen LogP contribution is -2.53. The lowest BCUT2D eigenvalue weighted by atomic mass is 9.95. The van der Waals surface area contributed by atoms with Gasteiger partial charge in [-0.1, -0.05) is 11.6 Å². The standard InChI is InChI=1S/C35H40ClN13O3/c1-21-18-46(19-23-8-11-47(12-9-23)24-4-5-27(37-16-24)49-13-10-29(50)39-35(49)51)14-15-48(21)28-6-7-30(43-42-28)52-32-26(36)17-38-34-31(32)40-33(41-34)25-20-45(3)44-22(25)2/h4-7,16-17,20-21,23H,8-15,18-19H2,1-3H3,(H,38,40,41)(H,39,50,51)/t21-/m0/s1. The van der Waals surface area contributed by atoms with Gasteiger partial charge in [-0.25, -0.2) is 19.7 Å². The first-order valence-electron chi connectivity index (χ1n) is 17.6. The van der Waals surface area contributed by atoms with Gasteiger partial charge in [0.2, 0.25) is 11.8 Å². The van der Waals surface area contributed by atoms with E-state index in [1.54, 1.807) is 4.68 Å². The summed E-state index contributed by atoms with van der Waals surface area (Å²) in [5, 5.41) is 16.0. The largest absolute Gasteiger partial charge is 0.434 e. The van der Waals surface area contributed by atoms with E-state index in [0.29, 0.717) is 51.9 Å². The number of anilines is 3. The minimum Gasteiger partial charge on any atom is -0.434 e. The van der Waals surface area contributed by atoms with Gasteiger partial charge in [0.15, 0.2) is 17.2 Å². The molecule has 0 aromatic carbocycles. The number of rotatable bonds is 8. The maximum Gasteiger partial charge on any atom is 0.329 e. The van der Waals surface area contributed by atoms with Gasteiger partial charge in [-0.3, -0.25) is 24.6 Å². The monoisotopic (exact) mass is 725 g/mol. The molecule has 17 heteroatoms. The number of halogens is 1. The number of piperazine rings is 1. The van der Waals surface area contributed by atoms with Crippen LogP contribution in [0.5, 0.6) is 11.6 Å². The summed E-state index contributed by atoms with van der Waals surface area (Å²) in [7, 11) is 1.87. The van der Waals surface area contributed by atoms with E-state index >= 15 is 0 Å². The fourth-order valence-corrected chi connectivity index (χ4v) is 7.56. The number of carbonyl (C=O) groups is 2. The summed E-state index contributed by atoms with van der Waals surface area (Å²) in [5.74, 6) is 3.08. The van der Waals surface area contributed by atoms with Crippen LogP contribution in [0.2, 0.25) is 5.02 Å². The molecule has 3 amide bonds. The second kappa shape index (κ2) is 14.0. The Kier molecular flexibility index (Phi) is 9.09. The van der Waals surface area contributed by atoms with Crippen LogP contribution in [0.15, 0.2) is 42.9 Å². The van der Waals surface area contributed by atoms with Gasteiger partial charge in [0.05, 0.1) is 29.3 Å². The quantitative estimate of drug-likeness (QED) is 0.235. The SMILES string of the molecule is Cc1nn(C)cc1-c1nc2ncc(Cl)c(Oc3ccc(N4CCN(CC5CCN(c6ccc(N7CCC(=O)NC7=O)nc6)CC5)C[C@@H]4C)nn3)c2[nH]1. The second-order valence-electron chi connectivity index (χ2n) is 13.7. The van der Waals surface area contributed by atoms with Crippen molar-refractivity contribution in [3.63, 3.8) is 0 Å². The van der Waals surface area contributed by atoms with E-state index in [1.165, 1.54) is 11.1 Å². The smallest absolute Gasteiger partial charge is 0.329 e. The number of urea groups is 1. The molecule has 2 N–H and O–H groups in total. The van der Waals surface area contributed by atoms with Crippen molar-refractivity contribution in [2.75, 3.05) is 60.5 Å². The summed E-state index contributed by atoms with van der Waals surface area (Å²) >= 11 is 6.53. The predicted octanol–water partition coefficient (Wildman–Crippen LogP) is 4.17. The molecule has 3 aliphatic heterocycles. The van der Waals surface area contributed by atoms with Crippen molar-refractivity contribution in [1.29, 1.82) is 0 Å². The van der Waals surface area contributed by atoms with E-state index in [4.69, 9.17) is 16.3 Å². The van der Waals surface area contributed by atoms with E-state index in [0.717, 1.165) is 74.9 Å². The van der Waals surface area contributed by atoms with Crippen molar-refractivity contribution in [1.82, 2.24) is 50.1 Å². The molecule has 3 fully saturated rings. The van der Waals surface area contributed by atoms with Gasteiger partial charge >= 0.3 is 6.03 Å².